The lowest BCUT2D eigenvalue weighted by Crippen LogP contribution is -2.21. The number of nitrogens with one attached hydrogen (secondary N) is 1. The molecule has 0 unspecified atom stereocenters. The topological polar surface area (TPSA) is 120 Å². The molecule has 0 fully saturated rings. The number of carbonyl (C=O) groups is 2. The molecule has 0 aliphatic heterocycles. The maximum atomic E-state index is 12.8. The zero-order valence-corrected chi connectivity index (χ0v) is 19.8. The third-order valence-corrected chi connectivity index (χ3v) is 6.30. The summed E-state index contributed by atoms with van der Waals surface area (Å²) in [6, 6.07) is 19.7. The Kier molecular flexibility index (Phi) is 7.51. The quantitative estimate of drug-likeness (QED) is 0.115. The Hall–Kier alpha value is -4.05. The van der Waals surface area contributed by atoms with E-state index in [2.05, 4.69) is 15.5 Å². The third kappa shape index (κ3) is 5.72. The molecule has 178 valence electrons. The number of fused-ring (bicyclic) bond motifs is 1. The number of nitro benzene ring substituents is 1. The molecule has 0 saturated heterocycles. The number of aromatic nitrogens is 3. The van der Waals surface area contributed by atoms with Crippen LogP contribution in [-0.2, 0) is 11.2 Å². The van der Waals surface area contributed by atoms with Gasteiger partial charge < -0.3 is 5.32 Å². The van der Waals surface area contributed by atoms with Crippen molar-refractivity contribution in [3.05, 3.63) is 88.2 Å². The molecule has 0 spiro atoms. The van der Waals surface area contributed by atoms with Gasteiger partial charge in [0.2, 0.25) is 5.91 Å². The minimum absolute atomic E-state index is 0.0515. The van der Waals surface area contributed by atoms with Gasteiger partial charge in [-0.05, 0) is 17.9 Å². The second kappa shape index (κ2) is 10.9. The van der Waals surface area contributed by atoms with Crippen LogP contribution in [0.5, 0.6) is 0 Å². The van der Waals surface area contributed by atoms with E-state index >= 15 is 0 Å². The van der Waals surface area contributed by atoms with E-state index in [1.165, 1.54) is 36.9 Å². The molecular formula is C25H23N5O4S. The van der Waals surface area contributed by atoms with Crippen LogP contribution in [0.25, 0.3) is 16.5 Å². The van der Waals surface area contributed by atoms with Gasteiger partial charge >= 0.3 is 0 Å². The number of ketones is 1. The van der Waals surface area contributed by atoms with Gasteiger partial charge in [0.1, 0.15) is 5.82 Å². The number of amides is 1. The van der Waals surface area contributed by atoms with Gasteiger partial charge in [-0.15, -0.1) is 10.2 Å². The number of non-ortho nitro benzene ring substituents is 1. The fourth-order valence-electron chi connectivity index (χ4n) is 3.72. The second-order valence-corrected chi connectivity index (χ2v) is 8.78. The lowest BCUT2D eigenvalue weighted by atomic mass is 10.1. The van der Waals surface area contributed by atoms with Crippen LogP contribution in [0.1, 0.15) is 29.5 Å². The maximum Gasteiger partial charge on any atom is 0.270 e. The molecule has 4 rings (SSSR count). The predicted molar refractivity (Wildman–Crippen MR) is 134 cm³/mol. The fraction of sp³-hybridized carbons (Fsp3) is 0.200. The number of aryl methyl sites for hydroxylation is 1. The van der Waals surface area contributed by atoms with Gasteiger partial charge in [-0.2, -0.15) is 0 Å². The molecule has 3 aromatic carbocycles. The van der Waals surface area contributed by atoms with Crippen LogP contribution in [0.3, 0.4) is 0 Å². The number of carbonyl (C=O) groups excluding carboxylic acids is 2. The van der Waals surface area contributed by atoms with E-state index in [0.29, 0.717) is 24.5 Å². The average molecular weight is 490 g/mol. The molecule has 1 N–H and O–H groups in total. The SMILES string of the molecule is CC(=O)NCCCc1nnc(SCC(=O)c2cccc([N+](=O)[O-])c2)n1-c1cccc2ccccc12. The number of Topliss-reactive ketones (excluding diaryl/α,β-unsaturated/α-hetero) is 1. The van der Waals surface area contributed by atoms with Crippen molar-refractivity contribution in [3.63, 3.8) is 0 Å². The van der Waals surface area contributed by atoms with Crippen molar-refractivity contribution in [2.24, 2.45) is 0 Å². The van der Waals surface area contributed by atoms with E-state index < -0.39 is 4.92 Å². The van der Waals surface area contributed by atoms with Crippen molar-refractivity contribution in [1.82, 2.24) is 20.1 Å². The van der Waals surface area contributed by atoms with Crippen molar-refractivity contribution in [2.75, 3.05) is 12.3 Å². The molecule has 1 amide bonds. The molecular weight excluding hydrogens is 466 g/mol. The number of hydrogen-bond donors (Lipinski definition) is 1. The Balaban J connectivity index is 1.63. The van der Waals surface area contributed by atoms with Gasteiger partial charge in [0, 0.05) is 43.0 Å². The number of benzene rings is 3. The smallest absolute Gasteiger partial charge is 0.270 e. The highest BCUT2D eigenvalue weighted by atomic mass is 32.2. The summed E-state index contributed by atoms with van der Waals surface area (Å²) >= 11 is 1.23. The molecule has 9 nitrogen and oxygen atoms in total. The first-order chi connectivity index (χ1) is 16.9. The summed E-state index contributed by atoms with van der Waals surface area (Å²) < 4.78 is 1.95. The lowest BCUT2D eigenvalue weighted by molar-refractivity contribution is -0.384. The van der Waals surface area contributed by atoms with Crippen molar-refractivity contribution < 1.29 is 14.5 Å². The van der Waals surface area contributed by atoms with Crippen molar-refractivity contribution in [2.45, 2.75) is 24.9 Å². The summed E-state index contributed by atoms with van der Waals surface area (Å²) in [5.74, 6) is 0.447. The summed E-state index contributed by atoms with van der Waals surface area (Å²) in [6.45, 7) is 2.00. The number of thioether (sulfide) groups is 1. The minimum atomic E-state index is -0.520. The number of rotatable bonds is 10. The zero-order valence-electron chi connectivity index (χ0n) is 19.0. The summed E-state index contributed by atoms with van der Waals surface area (Å²) in [5, 5.41) is 25.2. The van der Waals surface area contributed by atoms with Crippen LogP contribution >= 0.6 is 11.8 Å². The molecule has 4 aromatic rings. The first kappa shape index (κ1) is 24.1. The summed E-state index contributed by atoms with van der Waals surface area (Å²) in [5.41, 5.74) is 1.05. The van der Waals surface area contributed by atoms with Crippen LogP contribution < -0.4 is 5.32 Å². The summed E-state index contributed by atoms with van der Waals surface area (Å²) in [4.78, 5) is 34.5. The van der Waals surface area contributed by atoms with Gasteiger partial charge in [-0.1, -0.05) is 60.3 Å². The van der Waals surface area contributed by atoms with E-state index in [4.69, 9.17) is 0 Å². The van der Waals surface area contributed by atoms with Crippen LogP contribution in [0.2, 0.25) is 0 Å². The molecule has 0 aliphatic carbocycles. The Labute approximate surface area is 205 Å². The van der Waals surface area contributed by atoms with Crippen molar-refractivity contribution >= 4 is 39.9 Å². The molecule has 35 heavy (non-hydrogen) atoms. The Morgan fingerprint density at radius 2 is 1.83 bits per heavy atom. The van der Waals surface area contributed by atoms with Crippen LogP contribution in [0.15, 0.2) is 71.9 Å². The molecule has 1 heterocycles. The average Bonchev–Trinajstić information content (AvgIpc) is 3.27. The molecule has 0 aliphatic rings. The van der Waals surface area contributed by atoms with E-state index in [1.54, 1.807) is 6.07 Å². The molecule has 0 atom stereocenters. The zero-order chi connectivity index (χ0) is 24.8. The van der Waals surface area contributed by atoms with Crippen molar-refractivity contribution in [1.29, 1.82) is 0 Å². The Morgan fingerprint density at radius 1 is 1.06 bits per heavy atom. The van der Waals surface area contributed by atoms with Crippen LogP contribution in [0, 0.1) is 10.1 Å². The number of nitrogens with zero attached hydrogens (tertiary/aromatic N) is 4. The van der Waals surface area contributed by atoms with Gasteiger partial charge in [0.25, 0.3) is 5.69 Å². The highest BCUT2D eigenvalue weighted by Gasteiger charge is 2.19. The molecule has 1 aromatic heterocycles. The van der Waals surface area contributed by atoms with E-state index in [0.717, 1.165) is 22.3 Å². The molecule has 10 heteroatoms. The minimum Gasteiger partial charge on any atom is -0.356 e. The summed E-state index contributed by atoms with van der Waals surface area (Å²) in [7, 11) is 0. The number of nitro groups is 1. The normalized spacial score (nSPS) is 10.9. The highest BCUT2D eigenvalue weighted by Crippen LogP contribution is 2.29. The predicted octanol–water partition coefficient (Wildman–Crippen LogP) is 4.37. The molecule has 0 saturated carbocycles. The van der Waals surface area contributed by atoms with Gasteiger partial charge in [0.05, 0.1) is 16.4 Å². The highest BCUT2D eigenvalue weighted by molar-refractivity contribution is 7.99. The van der Waals surface area contributed by atoms with E-state index in [-0.39, 0.29) is 28.7 Å². The Morgan fingerprint density at radius 3 is 2.63 bits per heavy atom. The second-order valence-electron chi connectivity index (χ2n) is 7.84. The standard InChI is InChI=1S/C25H23N5O4S/c1-17(31)26-14-6-13-24-27-28-25(29(24)22-12-5-8-18-7-2-3-11-21(18)22)35-16-23(32)19-9-4-10-20(15-19)30(33)34/h2-5,7-12,15H,6,13-14,16H2,1H3,(H,26,31). The largest absolute Gasteiger partial charge is 0.356 e. The third-order valence-electron chi connectivity index (χ3n) is 5.37. The summed E-state index contributed by atoms with van der Waals surface area (Å²) in [6.07, 6.45) is 1.26. The first-order valence-electron chi connectivity index (χ1n) is 11.0. The van der Waals surface area contributed by atoms with E-state index in [1.807, 2.05) is 47.0 Å². The van der Waals surface area contributed by atoms with Gasteiger partial charge in [0.15, 0.2) is 10.9 Å². The first-order valence-corrected chi connectivity index (χ1v) is 12.0. The monoisotopic (exact) mass is 489 g/mol. The lowest BCUT2D eigenvalue weighted by Gasteiger charge is -2.13. The number of hydrogen-bond acceptors (Lipinski definition) is 7. The maximum absolute atomic E-state index is 12.8. The molecule has 0 bridgehead atoms. The van der Waals surface area contributed by atoms with Gasteiger partial charge in [-0.3, -0.25) is 24.3 Å². The van der Waals surface area contributed by atoms with Gasteiger partial charge in [-0.25, -0.2) is 0 Å². The van der Waals surface area contributed by atoms with E-state index in [9.17, 15) is 19.7 Å². The van der Waals surface area contributed by atoms with Crippen molar-refractivity contribution in [3.8, 4) is 5.69 Å². The fourth-order valence-corrected chi connectivity index (χ4v) is 4.58. The van der Waals surface area contributed by atoms with Crippen LogP contribution in [0.4, 0.5) is 5.69 Å². The van der Waals surface area contributed by atoms with Crippen LogP contribution in [-0.4, -0.2) is 43.7 Å². The Bertz CT molecular complexity index is 1400. The molecule has 0 radical (unpaired) electrons.